The number of ether oxygens (including phenoxy) is 1. The van der Waals surface area contributed by atoms with Gasteiger partial charge in [0.1, 0.15) is 0 Å². The smallest absolute Gasteiger partial charge is 0.0731 e. The first-order chi connectivity index (χ1) is 8.09. The van der Waals surface area contributed by atoms with Gasteiger partial charge < -0.3 is 10.1 Å². The maximum atomic E-state index is 6.03. The number of rotatable bonds is 7. The molecule has 17 heavy (non-hydrogen) atoms. The number of hydrogen-bond donors (Lipinski definition) is 1. The minimum atomic E-state index is 0.515. The number of hydrogen-bond acceptors (Lipinski definition) is 2. The molecule has 4 heteroatoms. The van der Waals surface area contributed by atoms with Gasteiger partial charge in [-0.15, -0.1) is 0 Å². The van der Waals surface area contributed by atoms with Crippen LogP contribution in [0, 0.1) is 0 Å². The molecule has 0 fully saturated rings. The Morgan fingerprint density at radius 2 is 2.06 bits per heavy atom. The summed E-state index contributed by atoms with van der Waals surface area (Å²) in [6.07, 6.45) is 0.996. The van der Waals surface area contributed by atoms with E-state index < -0.39 is 0 Å². The lowest BCUT2D eigenvalue weighted by Gasteiger charge is -2.09. The predicted molar refractivity (Wildman–Crippen MR) is 73.9 cm³/mol. The van der Waals surface area contributed by atoms with Gasteiger partial charge >= 0.3 is 0 Å². The standard InChI is InChI=1S/C13H19Cl2NO/c1-10(2)16-6-3-7-17-9-11-8-12(14)4-5-13(11)15/h4-5,8,10,16H,3,6-7,9H2,1-2H3. The van der Waals surface area contributed by atoms with Crippen LogP contribution >= 0.6 is 23.2 Å². The van der Waals surface area contributed by atoms with Gasteiger partial charge in [-0.3, -0.25) is 0 Å². The van der Waals surface area contributed by atoms with Crippen molar-refractivity contribution in [2.75, 3.05) is 13.2 Å². The summed E-state index contributed by atoms with van der Waals surface area (Å²) < 4.78 is 5.55. The van der Waals surface area contributed by atoms with Crippen LogP contribution in [-0.2, 0) is 11.3 Å². The van der Waals surface area contributed by atoms with Crippen LogP contribution in [0.3, 0.4) is 0 Å². The van der Waals surface area contributed by atoms with Crippen LogP contribution in [0.15, 0.2) is 18.2 Å². The normalized spacial score (nSPS) is 11.1. The third kappa shape index (κ3) is 6.27. The molecule has 0 spiro atoms. The van der Waals surface area contributed by atoms with Crippen LogP contribution in [0.2, 0.25) is 10.0 Å². The van der Waals surface area contributed by atoms with Gasteiger partial charge in [0.05, 0.1) is 6.61 Å². The molecule has 0 aliphatic carbocycles. The molecule has 1 aromatic rings. The Morgan fingerprint density at radius 1 is 1.29 bits per heavy atom. The second kappa shape index (κ2) is 7.93. The Morgan fingerprint density at radius 3 is 2.76 bits per heavy atom. The van der Waals surface area contributed by atoms with Gasteiger partial charge in [-0.25, -0.2) is 0 Å². The molecule has 0 unspecified atom stereocenters. The lowest BCUT2D eigenvalue weighted by Crippen LogP contribution is -2.24. The van der Waals surface area contributed by atoms with Gasteiger partial charge in [0.15, 0.2) is 0 Å². The van der Waals surface area contributed by atoms with E-state index in [1.165, 1.54) is 0 Å². The molecule has 0 saturated heterocycles. The molecule has 1 N–H and O–H groups in total. The van der Waals surface area contributed by atoms with Gasteiger partial charge in [-0.1, -0.05) is 37.0 Å². The Bertz CT molecular complexity index is 342. The molecule has 0 aliphatic heterocycles. The summed E-state index contributed by atoms with van der Waals surface area (Å²) in [4.78, 5) is 0. The lowest BCUT2D eigenvalue weighted by molar-refractivity contribution is 0.118. The first-order valence-corrected chi connectivity index (χ1v) is 6.60. The van der Waals surface area contributed by atoms with E-state index in [0.717, 1.165) is 25.1 Å². The average molecular weight is 276 g/mol. The summed E-state index contributed by atoms with van der Waals surface area (Å²) >= 11 is 11.9. The highest BCUT2D eigenvalue weighted by Crippen LogP contribution is 2.21. The molecule has 0 radical (unpaired) electrons. The van der Waals surface area contributed by atoms with Gasteiger partial charge in [0.25, 0.3) is 0 Å². The number of benzene rings is 1. The van der Waals surface area contributed by atoms with Crippen LogP contribution in [0.25, 0.3) is 0 Å². The van der Waals surface area contributed by atoms with Crippen molar-refractivity contribution in [3.8, 4) is 0 Å². The van der Waals surface area contributed by atoms with E-state index in [2.05, 4.69) is 19.2 Å². The van der Waals surface area contributed by atoms with Crippen LogP contribution in [0.5, 0.6) is 0 Å². The molecular formula is C13H19Cl2NO. The summed E-state index contributed by atoms with van der Waals surface area (Å²) in [5.74, 6) is 0. The Labute approximate surface area is 113 Å². The summed E-state index contributed by atoms with van der Waals surface area (Å²) in [7, 11) is 0. The summed E-state index contributed by atoms with van der Waals surface area (Å²) in [6, 6.07) is 5.94. The topological polar surface area (TPSA) is 21.3 Å². The van der Waals surface area contributed by atoms with E-state index in [9.17, 15) is 0 Å². The zero-order valence-corrected chi connectivity index (χ0v) is 11.8. The fourth-order valence-electron chi connectivity index (χ4n) is 1.40. The SMILES string of the molecule is CC(C)NCCCOCc1cc(Cl)ccc1Cl. The largest absolute Gasteiger partial charge is 0.377 e. The fourth-order valence-corrected chi connectivity index (χ4v) is 1.77. The first-order valence-electron chi connectivity index (χ1n) is 5.84. The Balaban J connectivity index is 2.20. The van der Waals surface area contributed by atoms with Gasteiger partial charge in [-0.05, 0) is 36.7 Å². The minimum absolute atomic E-state index is 0.515. The van der Waals surface area contributed by atoms with Crippen LogP contribution in [-0.4, -0.2) is 19.2 Å². The molecular weight excluding hydrogens is 257 g/mol. The van der Waals surface area contributed by atoms with Gasteiger partial charge in [0, 0.05) is 22.7 Å². The van der Waals surface area contributed by atoms with Crippen molar-refractivity contribution in [1.29, 1.82) is 0 Å². The van der Waals surface area contributed by atoms with Gasteiger partial charge in [-0.2, -0.15) is 0 Å². The highest BCUT2D eigenvalue weighted by molar-refractivity contribution is 6.33. The van der Waals surface area contributed by atoms with Crippen molar-refractivity contribution in [2.24, 2.45) is 0 Å². The second-order valence-electron chi connectivity index (χ2n) is 4.25. The van der Waals surface area contributed by atoms with Crippen LogP contribution in [0.1, 0.15) is 25.8 Å². The van der Waals surface area contributed by atoms with Crippen molar-refractivity contribution in [1.82, 2.24) is 5.32 Å². The predicted octanol–water partition coefficient (Wildman–Crippen LogP) is 3.90. The molecule has 0 aromatic heterocycles. The quantitative estimate of drug-likeness (QED) is 0.763. The first kappa shape index (κ1) is 14.8. The number of halogens is 2. The van der Waals surface area contributed by atoms with Crippen molar-refractivity contribution in [3.63, 3.8) is 0 Å². The van der Waals surface area contributed by atoms with Crippen molar-refractivity contribution >= 4 is 23.2 Å². The molecule has 0 heterocycles. The number of nitrogens with one attached hydrogen (secondary N) is 1. The zero-order chi connectivity index (χ0) is 12.7. The summed E-state index contributed by atoms with van der Waals surface area (Å²) in [6.45, 7) is 6.48. The average Bonchev–Trinajstić information content (AvgIpc) is 2.27. The molecule has 1 aromatic carbocycles. The molecule has 0 atom stereocenters. The van der Waals surface area contributed by atoms with E-state index in [-0.39, 0.29) is 0 Å². The van der Waals surface area contributed by atoms with E-state index in [1.807, 2.05) is 6.07 Å². The minimum Gasteiger partial charge on any atom is -0.377 e. The summed E-state index contributed by atoms with van der Waals surface area (Å²) in [5, 5.41) is 4.73. The highest BCUT2D eigenvalue weighted by Gasteiger charge is 2.01. The van der Waals surface area contributed by atoms with E-state index in [1.54, 1.807) is 12.1 Å². The third-order valence-electron chi connectivity index (χ3n) is 2.28. The lowest BCUT2D eigenvalue weighted by atomic mass is 10.2. The van der Waals surface area contributed by atoms with Crippen molar-refractivity contribution in [3.05, 3.63) is 33.8 Å². The van der Waals surface area contributed by atoms with Gasteiger partial charge in [0.2, 0.25) is 0 Å². The monoisotopic (exact) mass is 275 g/mol. The van der Waals surface area contributed by atoms with E-state index >= 15 is 0 Å². The van der Waals surface area contributed by atoms with E-state index in [4.69, 9.17) is 27.9 Å². The van der Waals surface area contributed by atoms with Crippen molar-refractivity contribution < 1.29 is 4.74 Å². The molecule has 96 valence electrons. The third-order valence-corrected chi connectivity index (χ3v) is 2.89. The molecule has 1 rings (SSSR count). The molecule has 0 aliphatic rings. The van der Waals surface area contributed by atoms with E-state index in [0.29, 0.717) is 22.7 Å². The van der Waals surface area contributed by atoms with Crippen LogP contribution < -0.4 is 5.32 Å². The molecule has 0 saturated carbocycles. The highest BCUT2D eigenvalue weighted by atomic mass is 35.5. The maximum Gasteiger partial charge on any atom is 0.0731 e. The molecule has 2 nitrogen and oxygen atoms in total. The Hall–Kier alpha value is -0.280. The van der Waals surface area contributed by atoms with Crippen molar-refractivity contribution in [2.45, 2.75) is 32.9 Å². The second-order valence-corrected chi connectivity index (χ2v) is 5.09. The Kier molecular flexibility index (Phi) is 6.90. The van der Waals surface area contributed by atoms with Crippen LogP contribution in [0.4, 0.5) is 0 Å². The summed E-state index contributed by atoms with van der Waals surface area (Å²) in [5.41, 5.74) is 0.941. The zero-order valence-electron chi connectivity index (χ0n) is 10.3. The molecule has 0 bridgehead atoms. The maximum absolute atomic E-state index is 6.03. The molecule has 0 amide bonds. The fraction of sp³-hybridized carbons (Fsp3) is 0.538.